The molecule has 1 aliphatic heterocycles. The van der Waals surface area contributed by atoms with E-state index in [0.717, 1.165) is 44.9 Å². The molecule has 0 aliphatic carbocycles. The number of benzene rings is 1. The van der Waals surface area contributed by atoms with E-state index in [1.165, 1.54) is 17.4 Å². The van der Waals surface area contributed by atoms with Gasteiger partial charge in [-0.25, -0.2) is 9.78 Å². The summed E-state index contributed by atoms with van der Waals surface area (Å²) < 4.78 is 1.89. The van der Waals surface area contributed by atoms with Crippen molar-refractivity contribution in [2.24, 2.45) is 11.7 Å². The maximum Gasteiger partial charge on any atom is 0.326 e. The van der Waals surface area contributed by atoms with Crippen LogP contribution < -0.4 is 27.0 Å². The number of aliphatic hydroxyl groups excluding tert-OH is 1. The highest BCUT2D eigenvalue weighted by Gasteiger charge is 2.36. The summed E-state index contributed by atoms with van der Waals surface area (Å²) in [6.45, 7) is 5.24. The number of aromatic nitrogens is 2. The van der Waals surface area contributed by atoms with Crippen molar-refractivity contribution < 1.29 is 43.8 Å². The molecular weight excluding hydrogens is 748 g/mol. The van der Waals surface area contributed by atoms with Gasteiger partial charge in [-0.2, -0.15) is 0 Å². The van der Waals surface area contributed by atoms with E-state index in [2.05, 4.69) is 50.5 Å². The Labute approximate surface area is 340 Å². The fraction of sp³-hybridized carbons (Fsp3) is 0.610. The lowest BCUT2D eigenvalue weighted by atomic mass is 10.0. The molecule has 1 aromatic carbocycles. The number of primary amides is 1. The molecule has 3 rings (SSSR count). The second kappa shape index (κ2) is 24.5. The van der Waals surface area contributed by atoms with E-state index in [9.17, 15) is 43.8 Å². The van der Waals surface area contributed by atoms with Crippen LogP contribution in [-0.4, -0.2) is 109 Å². The van der Waals surface area contributed by atoms with E-state index < -0.39 is 72.3 Å². The van der Waals surface area contributed by atoms with Gasteiger partial charge < -0.3 is 46.7 Å². The number of carboxylic acid groups (broad SMARTS) is 1. The monoisotopic (exact) mass is 810 g/mol. The number of aliphatic hydroxyl groups is 1. The zero-order valence-electron chi connectivity index (χ0n) is 34.0. The van der Waals surface area contributed by atoms with Gasteiger partial charge in [-0.1, -0.05) is 69.9 Å². The zero-order chi connectivity index (χ0) is 42.6. The number of nitrogens with one attached hydrogen (secondary N) is 4. The highest BCUT2D eigenvalue weighted by Crippen LogP contribution is 2.19. The van der Waals surface area contributed by atoms with Crippen LogP contribution in [0.4, 0.5) is 0 Å². The smallest absolute Gasteiger partial charge is 0.326 e. The van der Waals surface area contributed by atoms with Gasteiger partial charge in [-0.15, -0.1) is 0 Å². The van der Waals surface area contributed by atoms with Gasteiger partial charge in [0.15, 0.2) is 0 Å². The number of unbranched alkanes of at least 4 members (excludes halogenated alkanes) is 5. The van der Waals surface area contributed by atoms with Crippen molar-refractivity contribution in [2.45, 2.75) is 141 Å². The molecule has 1 aliphatic rings. The van der Waals surface area contributed by atoms with Crippen LogP contribution in [-0.2, 0) is 52.9 Å². The molecule has 1 aromatic heterocycles. The Morgan fingerprint density at radius 1 is 0.845 bits per heavy atom. The third-order valence-corrected chi connectivity index (χ3v) is 10.2. The van der Waals surface area contributed by atoms with Crippen LogP contribution in [0.25, 0.3) is 0 Å². The number of carboxylic acids is 1. The Morgan fingerprint density at radius 3 is 2.10 bits per heavy atom. The van der Waals surface area contributed by atoms with Crippen molar-refractivity contribution in [2.75, 3.05) is 13.2 Å². The number of imidazole rings is 1. The van der Waals surface area contributed by atoms with E-state index in [-0.39, 0.29) is 37.5 Å². The minimum Gasteiger partial charge on any atom is -0.480 e. The summed E-state index contributed by atoms with van der Waals surface area (Å²) in [4.78, 5) is 95.3. The molecule has 0 saturated carbocycles. The van der Waals surface area contributed by atoms with Crippen LogP contribution in [0.15, 0.2) is 42.9 Å². The van der Waals surface area contributed by atoms with Gasteiger partial charge in [0.25, 0.3) is 0 Å². The number of likely N-dealkylation sites (tertiary alicyclic amines) is 1. The highest BCUT2D eigenvalue weighted by molar-refractivity contribution is 5.96. The normalized spacial score (nSPS) is 15.9. The van der Waals surface area contributed by atoms with Gasteiger partial charge in [0.05, 0.1) is 12.9 Å². The molecule has 8 N–H and O–H groups in total. The van der Waals surface area contributed by atoms with Crippen LogP contribution >= 0.6 is 0 Å². The van der Waals surface area contributed by atoms with E-state index in [4.69, 9.17) is 5.73 Å². The Kier molecular flexibility index (Phi) is 19.8. The van der Waals surface area contributed by atoms with Crippen LogP contribution in [0.3, 0.4) is 0 Å². The largest absolute Gasteiger partial charge is 0.480 e. The van der Waals surface area contributed by atoms with Crippen LogP contribution in [0.5, 0.6) is 0 Å². The minimum atomic E-state index is -1.62. The average molecular weight is 811 g/mol. The van der Waals surface area contributed by atoms with Crippen molar-refractivity contribution >= 4 is 41.4 Å². The van der Waals surface area contributed by atoms with Crippen molar-refractivity contribution in [3.63, 3.8) is 0 Å². The summed E-state index contributed by atoms with van der Waals surface area (Å²) in [6, 6.07) is 4.12. The first-order chi connectivity index (χ1) is 27.7. The molecule has 0 bridgehead atoms. The fourth-order valence-corrected chi connectivity index (χ4v) is 7.04. The number of carbonyl (C=O) groups is 7. The number of carbonyl (C=O) groups excluding carboxylic acids is 6. The Hall–Kier alpha value is -5.32. The molecule has 5 atom stereocenters. The SMILES string of the molecule is CC(=O)N1CCC[C@H]1C(=O)N[C@@H](CC(C)C)C(=O)N[C@@H](Cc1cncn1CCCCCCCCc1ccccc1)C(=O)N[C@@H](CO)C(=O)N[C@@H](CCC(N)=O)C(=O)O. The average Bonchev–Trinajstić information content (AvgIpc) is 3.86. The molecule has 0 radical (unpaired) electrons. The fourth-order valence-electron chi connectivity index (χ4n) is 7.04. The third kappa shape index (κ3) is 15.9. The first-order valence-electron chi connectivity index (χ1n) is 20.3. The lowest BCUT2D eigenvalue weighted by molar-refractivity contribution is -0.143. The maximum absolute atomic E-state index is 14.0. The van der Waals surface area contributed by atoms with Crippen molar-refractivity contribution in [3.05, 3.63) is 54.1 Å². The van der Waals surface area contributed by atoms with Crippen molar-refractivity contribution in [3.8, 4) is 0 Å². The van der Waals surface area contributed by atoms with Gasteiger partial charge >= 0.3 is 5.97 Å². The summed E-state index contributed by atoms with van der Waals surface area (Å²) in [6.07, 6.45) is 11.1. The van der Waals surface area contributed by atoms with E-state index in [1.807, 2.05) is 24.5 Å². The molecule has 0 unspecified atom stereocenters. The molecule has 17 heteroatoms. The zero-order valence-corrected chi connectivity index (χ0v) is 34.0. The number of aryl methyl sites for hydroxylation is 2. The van der Waals surface area contributed by atoms with Gasteiger partial charge in [0.1, 0.15) is 30.2 Å². The van der Waals surface area contributed by atoms with E-state index in [1.54, 1.807) is 12.5 Å². The lowest BCUT2D eigenvalue weighted by Crippen LogP contribution is -2.60. The quantitative estimate of drug-likeness (QED) is 0.0672. The Morgan fingerprint density at radius 2 is 1.47 bits per heavy atom. The summed E-state index contributed by atoms with van der Waals surface area (Å²) in [5, 5.41) is 29.8. The molecule has 2 heterocycles. The number of hydrogen-bond acceptors (Lipinski definition) is 9. The molecule has 17 nitrogen and oxygen atoms in total. The van der Waals surface area contributed by atoms with Gasteiger partial charge in [0, 0.05) is 44.7 Å². The number of amides is 6. The molecule has 1 saturated heterocycles. The van der Waals surface area contributed by atoms with Crippen molar-refractivity contribution in [1.82, 2.24) is 35.7 Å². The molecule has 58 heavy (non-hydrogen) atoms. The standard InChI is InChI=1S/C41H62N8O9/c1-27(2)22-32(46-40(56)35-17-13-21-49(35)28(3)51)37(53)45-33(38(54)47-34(25-50)39(55)44-31(41(57)58)18-19-36(42)52)23-30-24-43-26-48(30)20-12-7-5-4-6-9-14-29-15-10-8-11-16-29/h8,10-11,15-16,24,26-27,31-35,50H,4-7,9,12-14,17-23,25H2,1-3H3,(H2,42,52)(H,44,55)(H,45,53)(H,46,56)(H,47,54)(H,57,58)/t31-,32-,33-,34-,35-/m0/s1. The van der Waals surface area contributed by atoms with Crippen molar-refractivity contribution in [1.29, 1.82) is 0 Å². The van der Waals surface area contributed by atoms with E-state index >= 15 is 0 Å². The summed E-state index contributed by atoms with van der Waals surface area (Å²) >= 11 is 0. The Bertz CT molecular complexity index is 1670. The van der Waals surface area contributed by atoms with Gasteiger partial charge in [0.2, 0.25) is 35.4 Å². The molecule has 6 amide bonds. The highest BCUT2D eigenvalue weighted by atomic mass is 16.4. The van der Waals surface area contributed by atoms with Crippen LogP contribution in [0.1, 0.15) is 103 Å². The number of hydrogen-bond donors (Lipinski definition) is 7. The topological polar surface area (TPSA) is 255 Å². The molecule has 1 fully saturated rings. The first kappa shape index (κ1) is 47.1. The van der Waals surface area contributed by atoms with Crippen LogP contribution in [0.2, 0.25) is 0 Å². The number of nitrogens with zero attached hydrogens (tertiary/aromatic N) is 3. The second-order valence-electron chi connectivity index (χ2n) is 15.4. The molecule has 0 spiro atoms. The van der Waals surface area contributed by atoms with Gasteiger partial charge in [-0.3, -0.25) is 28.8 Å². The van der Waals surface area contributed by atoms with Gasteiger partial charge in [-0.05, 0) is 56.4 Å². The molecule has 2 aromatic rings. The summed E-state index contributed by atoms with van der Waals surface area (Å²) in [7, 11) is 0. The molecule has 320 valence electrons. The third-order valence-electron chi connectivity index (χ3n) is 10.2. The molecular formula is C41H62N8O9. The minimum absolute atomic E-state index is 0.0553. The number of aliphatic carboxylic acids is 1. The number of nitrogens with two attached hydrogens (primary N) is 1. The first-order valence-corrected chi connectivity index (χ1v) is 20.3. The predicted molar refractivity (Wildman–Crippen MR) is 215 cm³/mol. The second-order valence-corrected chi connectivity index (χ2v) is 15.4. The van der Waals surface area contributed by atoms with E-state index in [0.29, 0.717) is 31.6 Å². The summed E-state index contributed by atoms with van der Waals surface area (Å²) in [5.41, 5.74) is 7.08. The maximum atomic E-state index is 14.0. The van der Waals surface area contributed by atoms with Crippen LogP contribution in [0, 0.1) is 5.92 Å². The Balaban J connectivity index is 1.73. The lowest BCUT2D eigenvalue weighted by Gasteiger charge is -2.28. The summed E-state index contributed by atoms with van der Waals surface area (Å²) in [5.74, 6) is -5.56. The number of rotatable bonds is 26. The predicted octanol–water partition coefficient (Wildman–Crippen LogP) is 1.35.